The molecule has 1 N–H and O–H groups in total. The molecule has 1 aliphatic rings. The number of nitrogens with one attached hydrogen (secondary N) is 1. The van der Waals surface area contributed by atoms with Gasteiger partial charge in [0.05, 0.1) is 17.4 Å². The van der Waals surface area contributed by atoms with Gasteiger partial charge in [-0.1, -0.05) is 13.8 Å². The summed E-state index contributed by atoms with van der Waals surface area (Å²) in [4.78, 5) is 23.7. The molecule has 0 aliphatic carbocycles. The first-order valence-corrected chi connectivity index (χ1v) is 7.97. The molecule has 1 heterocycles. The summed E-state index contributed by atoms with van der Waals surface area (Å²) in [6, 6.07) is 1.51. The Morgan fingerprint density at radius 3 is 2.67 bits per heavy atom. The fraction of sp³-hybridized carbons (Fsp3) is 0.529. The van der Waals surface area contributed by atoms with Crippen LogP contribution >= 0.6 is 0 Å². The zero-order valence-corrected chi connectivity index (χ0v) is 13.7. The standard InChI is InChI=1S/C17H21F2NO4/c1-10(2)16(21)20-15-7-12(13(18)8-14(15)19)17(22)24-9-11-5-3-4-6-23-11/h7-8,10-11H,3-6,9H2,1-2H3,(H,20,21)/t11-/m0/s1. The van der Waals surface area contributed by atoms with Gasteiger partial charge in [-0.15, -0.1) is 0 Å². The molecule has 1 aliphatic heterocycles. The van der Waals surface area contributed by atoms with Gasteiger partial charge in [-0.2, -0.15) is 0 Å². The highest BCUT2D eigenvalue weighted by Crippen LogP contribution is 2.21. The van der Waals surface area contributed by atoms with Gasteiger partial charge >= 0.3 is 5.97 Å². The first kappa shape index (κ1) is 18.3. The molecule has 0 saturated carbocycles. The van der Waals surface area contributed by atoms with Crippen LogP contribution in [0.4, 0.5) is 14.5 Å². The number of carbonyl (C=O) groups is 2. The van der Waals surface area contributed by atoms with Crippen LogP contribution in [0.2, 0.25) is 0 Å². The van der Waals surface area contributed by atoms with E-state index in [-0.39, 0.29) is 24.3 Å². The fourth-order valence-corrected chi connectivity index (χ4v) is 2.26. The first-order valence-electron chi connectivity index (χ1n) is 7.97. The molecular formula is C17H21F2NO4. The van der Waals surface area contributed by atoms with E-state index in [9.17, 15) is 18.4 Å². The summed E-state index contributed by atoms with van der Waals surface area (Å²) in [5.74, 6) is -3.72. The molecule has 2 rings (SSSR count). The number of esters is 1. The van der Waals surface area contributed by atoms with Crippen LogP contribution in [0.1, 0.15) is 43.5 Å². The summed E-state index contributed by atoms with van der Waals surface area (Å²) in [5.41, 5.74) is -0.678. The Morgan fingerprint density at radius 2 is 2.04 bits per heavy atom. The van der Waals surface area contributed by atoms with Crippen LogP contribution in [0.3, 0.4) is 0 Å². The number of rotatable bonds is 5. The molecule has 24 heavy (non-hydrogen) atoms. The van der Waals surface area contributed by atoms with Crippen LogP contribution < -0.4 is 5.32 Å². The molecule has 0 bridgehead atoms. The van der Waals surface area contributed by atoms with E-state index >= 15 is 0 Å². The third kappa shape index (κ3) is 4.74. The Hall–Kier alpha value is -2.02. The van der Waals surface area contributed by atoms with Crippen molar-refractivity contribution in [2.45, 2.75) is 39.2 Å². The summed E-state index contributed by atoms with van der Waals surface area (Å²) < 4.78 is 38.1. The number of benzene rings is 1. The maximum absolute atomic E-state index is 13.9. The summed E-state index contributed by atoms with van der Waals surface area (Å²) in [6.45, 7) is 3.90. The summed E-state index contributed by atoms with van der Waals surface area (Å²) in [7, 11) is 0. The van der Waals surface area contributed by atoms with Gasteiger partial charge in [-0.25, -0.2) is 13.6 Å². The highest BCUT2D eigenvalue weighted by Gasteiger charge is 2.21. The van der Waals surface area contributed by atoms with Gasteiger partial charge in [0.25, 0.3) is 0 Å². The Balaban J connectivity index is 2.07. The van der Waals surface area contributed by atoms with Crippen molar-refractivity contribution in [1.82, 2.24) is 0 Å². The summed E-state index contributed by atoms with van der Waals surface area (Å²) in [6.07, 6.45) is 2.52. The minimum atomic E-state index is -1.04. The van der Waals surface area contributed by atoms with E-state index in [0.717, 1.165) is 25.3 Å². The summed E-state index contributed by atoms with van der Waals surface area (Å²) >= 11 is 0. The molecular weight excluding hydrogens is 320 g/mol. The second-order valence-corrected chi connectivity index (χ2v) is 6.04. The fourth-order valence-electron chi connectivity index (χ4n) is 2.26. The molecule has 0 unspecified atom stereocenters. The van der Waals surface area contributed by atoms with Gasteiger partial charge in [0.2, 0.25) is 5.91 Å². The van der Waals surface area contributed by atoms with E-state index < -0.39 is 29.1 Å². The Kier molecular flexibility index (Phi) is 6.25. The monoisotopic (exact) mass is 341 g/mol. The second kappa shape index (κ2) is 8.19. The Labute approximate surface area is 139 Å². The van der Waals surface area contributed by atoms with Crippen molar-refractivity contribution in [2.24, 2.45) is 5.92 Å². The van der Waals surface area contributed by atoms with Crippen LogP contribution in [-0.2, 0) is 14.3 Å². The quantitative estimate of drug-likeness (QED) is 0.835. The van der Waals surface area contributed by atoms with Gasteiger partial charge in [0.15, 0.2) is 0 Å². The smallest absolute Gasteiger partial charge is 0.341 e. The normalized spacial score (nSPS) is 17.6. The number of hydrogen-bond donors (Lipinski definition) is 1. The zero-order valence-electron chi connectivity index (χ0n) is 13.7. The van der Waals surface area contributed by atoms with Crippen LogP contribution in [0.15, 0.2) is 12.1 Å². The third-order valence-corrected chi connectivity index (χ3v) is 3.73. The van der Waals surface area contributed by atoms with Gasteiger partial charge in [-0.05, 0) is 25.3 Å². The minimum Gasteiger partial charge on any atom is -0.459 e. The topological polar surface area (TPSA) is 64.6 Å². The van der Waals surface area contributed by atoms with Crippen LogP contribution in [-0.4, -0.2) is 31.2 Å². The van der Waals surface area contributed by atoms with E-state index in [0.29, 0.717) is 12.7 Å². The lowest BCUT2D eigenvalue weighted by molar-refractivity contribution is -0.118. The van der Waals surface area contributed by atoms with Gasteiger partial charge in [0.1, 0.15) is 18.2 Å². The van der Waals surface area contributed by atoms with E-state index in [1.165, 1.54) is 0 Å². The predicted molar refractivity (Wildman–Crippen MR) is 83.7 cm³/mol. The van der Waals surface area contributed by atoms with Gasteiger partial charge < -0.3 is 14.8 Å². The SMILES string of the molecule is CC(C)C(=O)Nc1cc(C(=O)OC[C@@H]2CCCCO2)c(F)cc1F. The highest BCUT2D eigenvalue weighted by molar-refractivity contribution is 5.95. The summed E-state index contributed by atoms with van der Waals surface area (Å²) in [5, 5.41) is 2.32. The lowest BCUT2D eigenvalue weighted by Crippen LogP contribution is -2.26. The van der Waals surface area contributed by atoms with Crippen LogP contribution in [0.25, 0.3) is 0 Å². The number of halogens is 2. The van der Waals surface area contributed by atoms with Crippen LogP contribution in [0.5, 0.6) is 0 Å². The van der Waals surface area contributed by atoms with E-state index in [1.807, 2.05) is 0 Å². The van der Waals surface area contributed by atoms with Crippen molar-refractivity contribution in [3.8, 4) is 0 Å². The van der Waals surface area contributed by atoms with Crippen molar-refractivity contribution in [2.75, 3.05) is 18.5 Å². The molecule has 0 aromatic heterocycles. The minimum absolute atomic E-state index is 0.0172. The Bertz CT molecular complexity index is 613. The first-order chi connectivity index (χ1) is 11.4. The maximum Gasteiger partial charge on any atom is 0.341 e. The largest absolute Gasteiger partial charge is 0.459 e. The number of amides is 1. The number of hydrogen-bond acceptors (Lipinski definition) is 4. The lowest BCUT2D eigenvalue weighted by Gasteiger charge is -2.22. The van der Waals surface area contributed by atoms with E-state index in [2.05, 4.69) is 5.32 Å². The van der Waals surface area contributed by atoms with E-state index in [4.69, 9.17) is 9.47 Å². The van der Waals surface area contributed by atoms with Crippen LogP contribution in [0, 0.1) is 17.6 Å². The van der Waals surface area contributed by atoms with Crippen molar-refractivity contribution >= 4 is 17.6 Å². The molecule has 1 aromatic carbocycles. The van der Waals surface area contributed by atoms with Crippen molar-refractivity contribution in [3.05, 3.63) is 29.3 Å². The molecule has 5 nitrogen and oxygen atoms in total. The number of anilines is 1. The number of ether oxygens (including phenoxy) is 2. The average Bonchev–Trinajstić information content (AvgIpc) is 2.55. The molecule has 1 atom stereocenters. The zero-order chi connectivity index (χ0) is 17.7. The van der Waals surface area contributed by atoms with Crippen molar-refractivity contribution in [1.29, 1.82) is 0 Å². The highest BCUT2D eigenvalue weighted by atomic mass is 19.1. The molecule has 132 valence electrons. The van der Waals surface area contributed by atoms with E-state index in [1.54, 1.807) is 13.8 Å². The molecule has 1 saturated heterocycles. The molecule has 1 amide bonds. The molecule has 7 heteroatoms. The number of carbonyl (C=O) groups excluding carboxylic acids is 2. The third-order valence-electron chi connectivity index (χ3n) is 3.73. The van der Waals surface area contributed by atoms with Gasteiger partial charge in [0, 0.05) is 18.6 Å². The molecule has 0 spiro atoms. The van der Waals surface area contributed by atoms with Gasteiger partial charge in [-0.3, -0.25) is 4.79 Å². The second-order valence-electron chi connectivity index (χ2n) is 6.04. The Morgan fingerprint density at radius 1 is 1.29 bits per heavy atom. The predicted octanol–water partition coefficient (Wildman–Crippen LogP) is 3.29. The lowest BCUT2D eigenvalue weighted by atomic mass is 10.1. The average molecular weight is 341 g/mol. The molecule has 1 fully saturated rings. The van der Waals surface area contributed by atoms with Crippen molar-refractivity contribution < 1.29 is 27.8 Å². The maximum atomic E-state index is 13.9. The molecule has 1 aromatic rings. The molecule has 0 radical (unpaired) electrons. The van der Waals surface area contributed by atoms with Crippen molar-refractivity contribution in [3.63, 3.8) is 0 Å².